The molecule has 0 aliphatic rings. The minimum atomic E-state index is 0.261. The molecule has 0 saturated heterocycles. The largest absolute Gasteiger partial charge is 0.384 e. The van der Waals surface area contributed by atoms with Gasteiger partial charge in [0, 0.05) is 19.6 Å². The molecular formula is C10H16N4O. The van der Waals surface area contributed by atoms with Gasteiger partial charge in [-0.15, -0.1) is 5.10 Å². The Kier molecular flexibility index (Phi) is 4.25. The molecule has 0 aliphatic heterocycles. The molecule has 0 aliphatic carbocycles. The molecule has 82 valence electrons. The topological polar surface area (TPSA) is 63.7 Å². The molecule has 1 aromatic rings. The average molecular weight is 208 g/mol. The lowest BCUT2D eigenvalue weighted by Crippen LogP contribution is -2.10. The van der Waals surface area contributed by atoms with Crippen LogP contribution in [-0.4, -0.2) is 28.7 Å². The summed E-state index contributed by atoms with van der Waals surface area (Å²) in [5.74, 6) is 0. The number of hydrogen-bond acceptors (Lipinski definition) is 4. The molecule has 0 atom stereocenters. The molecule has 1 rings (SSSR count). The number of nitrogens with zero attached hydrogens (tertiary/aromatic N) is 4. The number of aromatic nitrogens is 3. The summed E-state index contributed by atoms with van der Waals surface area (Å²) in [6.07, 6.45) is 1.06. The highest BCUT2D eigenvalue weighted by molar-refractivity contribution is 5.15. The van der Waals surface area contributed by atoms with Crippen molar-refractivity contribution in [1.82, 2.24) is 15.0 Å². The fourth-order valence-electron chi connectivity index (χ4n) is 1.43. The van der Waals surface area contributed by atoms with E-state index in [4.69, 9.17) is 10.00 Å². The highest BCUT2D eigenvalue weighted by Gasteiger charge is 2.13. The minimum absolute atomic E-state index is 0.261. The maximum absolute atomic E-state index is 8.66. The van der Waals surface area contributed by atoms with Crippen molar-refractivity contribution in [2.75, 3.05) is 13.7 Å². The summed E-state index contributed by atoms with van der Waals surface area (Å²) in [6, 6.07) is 2.36. The van der Waals surface area contributed by atoms with E-state index in [0.717, 1.165) is 17.8 Å². The molecule has 0 saturated carbocycles. The van der Waals surface area contributed by atoms with Gasteiger partial charge in [0.15, 0.2) is 0 Å². The zero-order valence-electron chi connectivity index (χ0n) is 9.40. The molecule has 15 heavy (non-hydrogen) atoms. The van der Waals surface area contributed by atoms with Crippen LogP contribution >= 0.6 is 0 Å². The van der Waals surface area contributed by atoms with Crippen LogP contribution in [0.1, 0.15) is 31.3 Å². The van der Waals surface area contributed by atoms with Crippen molar-refractivity contribution < 1.29 is 4.74 Å². The third kappa shape index (κ3) is 2.77. The van der Waals surface area contributed by atoms with Crippen molar-refractivity contribution in [3.05, 3.63) is 11.4 Å². The van der Waals surface area contributed by atoms with Crippen molar-refractivity contribution in [2.24, 2.45) is 0 Å². The Hall–Kier alpha value is -1.41. The van der Waals surface area contributed by atoms with Crippen LogP contribution in [0.4, 0.5) is 0 Å². The number of hydrogen-bond donors (Lipinski definition) is 0. The molecule has 0 N–H and O–H groups in total. The first-order chi connectivity index (χ1) is 7.20. The smallest absolute Gasteiger partial charge is 0.100 e. The van der Waals surface area contributed by atoms with Crippen LogP contribution in [0.25, 0.3) is 0 Å². The van der Waals surface area contributed by atoms with Gasteiger partial charge >= 0.3 is 0 Å². The van der Waals surface area contributed by atoms with Crippen LogP contribution in [0.15, 0.2) is 0 Å². The maximum atomic E-state index is 8.66. The van der Waals surface area contributed by atoms with E-state index in [-0.39, 0.29) is 6.04 Å². The van der Waals surface area contributed by atoms with E-state index in [1.54, 1.807) is 7.11 Å². The summed E-state index contributed by atoms with van der Waals surface area (Å²) < 4.78 is 6.88. The van der Waals surface area contributed by atoms with Crippen LogP contribution in [0.5, 0.6) is 0 Å². The molecule has 1 aromatic heterocycles. The van der Waals surface area contributed by atoms with Gasteiger partial charge in [0.1, 0.15) is 5.69 Å². The fraction of sp³-hybridized carbons (Fsp3) is 0.700. The van der Waals surface area contributed by atoms with Crippen molar-refractivity contribution in [1.29, 1.82) is 5.26 Å². The van der Waals surface area contributed by atoms with Crippen LogP contribution in [0.3, 0.4) is 0 Å². The first-order valence-corrected chi connectivity index (χ1v) is 4.99. The number of ether oxygens (including phenoxy) is 1. The molecule has 0 radical (unpaired) electrons. The molecule has 1 heterocycles. The van der Waals surface area contributed by atoms with Crippen LogP contribution in [0, 0.1) is 11.3 Å². The lowest BCUT2D eigenvalue weighted by atomic mass is 10.2. The van der Waals surface area contributed by atoms with Gasteiger partial charge in [-0.1, -0.05) is 5.21 Å². The highest BCUT2D eigenvalue weighted by Crippen LogP contribution is 2.12. The molecule has 0 bridgehead atoms. The molecule has 0 unspecified atom stereocenters. The third-order valence-corrected chi connectivity index (χ3v) is 2.15. The number of nitriles is 1. The first kappa shape index (κ1) is 11.7. The Labute approximate surface area is 89.7 Å². The second-order valence-electron chi connectivity index (χ2n) is 3.60. The molecule has 0 spiro atoms. The lowest BCUT2D eigenvalue weighted by molar-refractivity contribution is 0.199. The maximum Gasteiger partial charge on any atom is 0.100 e. The monoisotopic (exact) mass is 208 g/mol. The standard InChI is InChI=1S/C10H16N4O/c1-8(2)14-10(5-7-15-3)9(4-6-11)12-13-14/h8H,4-5,7H2,1-3H3. The quantitative estimate of drug-likeness (QED) is 0.727. The Morgan fingerprint density at radius 3 is 2.80 bits per heavy atom. The van der Waals surface area contributed by atoms with Crippen molar-refractivity contribution in [3.63, 3.8) is 0 Å². The second-order valence-corrected chi connectivity index (χ2v) is 3.60. The average Bonchev–Trinajstić information content (AvgIpc) is 2.59. The van der Waals surface area contributed by atoms with Gasteiger partial charge in [0.2, 0.25) is 0 Å². The summed E-state index contributed by atoms with van der Waals surface area (Å²) >= 11 is 0. The van der Waals surface area contributed by atoms with E-state index in [0.29, 0.717) is 13.0 Å². The van der Waals surface area contributed by atoms with Crippen molar-refractivity contribution >= 4 is 0 Å². The zero-order valence-corrected chi connectivity index (χ0v) is 9.40. The van der Waals surface area contributed by atoms with Gasteiger partial charge < -0.3 is 4.74 Å². The van der Waals surface area contributed by atoms with Crippen molar-refractivity contribution in [3.8, 4) is 6.07 Å². The van der Waals surface area contributed by atoms with Gasteiger partial charge in [0.05, 0.1) is 24.8 Å². The fourth-order valence-corrected chi connectivity index (χ4v) is 1.43. The van der Waals surface area contributed by atoms with Gasteiger partial charge in [0.25, 0.3) is 0 Å². The van der Waals surface area contributed by atoms with Gasteiger partial charge in [-0.05, 0) is 13.8 Å². The van der Waals surface area contributed by atoms with Crippen LogP contribution in [-0.2, 0) is 17.6 Å². The summed E-state index contributed by atoms with van der Waals surface area (Å²) in [5, 5.41) is 16.7. The SMILES string of the molecule is COCCc1c(CC#N)nnn1C(C)C. The second kappa shape index (κ2) is 5.47. The summed E-state index contributed by atoms with van der Waals surface area (Å²) in [4.78, 5) is 0. The number of methoxy groups -OCH3 is 1. The van der Waals surface area contributed by atoms with Crippen LogP contribution < -0.4 is 0 Å². The highest BCUT2D eigenvalue weighted by atomic mass is 16.5. The normalized spacial score (nSPS) is 10.6. The molecular weight excluding hydrogens is 192 g/mol. The first-order valence-electron chi connectivity index (χ1n) is 4.99. The van der Waals surface area contributed by atoms with E-state index in [9.17, 15) is 0 Å². The third-order valence-electron chi connectivity index (χ3n) is 2.15. The van der Waals surface area contributed by atoms with Gasteiger partial charge in [-0.3, -0.25) is 0 Å². The van der Waals surface area contributed by atoms with E-state index in [2.05, 4.69) is 16.4 Å². The van der Waals surface area contributed by atoms with E-state index < -0.39 is 0 Å². The zero-order chi connectivity index (χ0) is 11.3. The molecule has 5 nitrogen and oxygen atoms in total. The number of rotatable bonds is 5. The van der Waals surface area contributed by atoms with Gasteiger partial charge in [-0.25, -0.2) is 4.68 Å². The van der Waals surface area contributed by atoms with Crippen molar-refractivity contribution in [2.45, 2.75) is 32.7 Å². The van der Waals surface area contributed by atoms with Crippen LogP contribution in [0.2, 0.25) is 0 Å². The molecule has 0 aromatic carbocycles. The van der Waals surface area contributed by atoms with Gasteiger partial charge in [-0.2, -0.15) is 5.26 Å². The predicted molar refractivity (Wildman–Crippen MR) is 55.3 cm³/mol. The molecule has 5 heteroatoms. The lowest BCUT2D eigenvalue weighted by Gasteiger charge is -2.09. The van der Waals surface area contributed by atoms with E-state index >= 15 is 0 Å². The van der Waals surface area contributed by atoms with E-state index in [1.807, 2.05) is 18.5 Å². The summed E-state index contributed by atoms with van der Waals surface area (Å²) in [5.41, 5.74) is 1.77. The Morgan fingerprint density at radius 1 is 1.53 bits per heavy atom. The molecule has 0 fully saturated rings. The summed E-state index contributed by atoms with van der Waals surface area (Å²) in [6.45, 7) is 4.71. The Bertz CT molecular complexity index is 351. The summed E-state index contributed by atoms with van der Waals surface area (Å²) in [7, 11) is 1.66. The molecule has 0 amide bonds. The minimum Gasteiger partial charge on any atom is -0.384 e. The Morgan fingerprint density at radius 2 is 2.27 bits per heavy atom. The van der Waals surface area contributed by atoms with E-state index in [1.165, 1.54) is 0 Å². The predicted octanol–water partition coefficient (Wildman–Crippen LogP) is 1.11. The Balaban J connectivity index is 2.93.